The van der Waals surface area contributed by atoms with Crippen LogP contribution in [-0.2, 0) is 13.1 Å². The highest BCUT2D eigenvalue weighted by Crippen LogP contribution is 2.16. The first-order valence-electron chi connectivity index (χ1n) is 6.90. The van der Waals surface area contributed by atoms with Crippen LogP contribution in [0.15, 0.2) is 34.9 Å². The minimum absolute atomic E-state index is 0.157. The Kier molecular flexibility index (Phi) is 5.17. The van der Waals surface area contributed by atoms with E-state index in [1.54, 1.807) is 19.1 Å². The Hall–Kier alpha value is -1.62. The number of halogens is 2. The fraction of sp³-hybridized carbons (Fsp3) is 0.312. The molecule has 0 bridgehead atoms. The number of aryl methyl sites for hydroxylation is 2. The Labute approximate surface area is 132 Å². The van der Waals surface area contributed by atoms with Crippen LogP contribution in [0, 0.1) is 12.7 Å². The number of aromatic nitrogens is 1. The third-order valence-electron chi connectivity index (χ3n) is 3.25. The molecule has 0 fully saturated rings. The van der Waals surface area contributed by atoms with Crippen molar-refractivity contribution < 1.29 is 9.18 Å². The van der Waals surface area contributed by atoms with Gasteiger partial charge in [-0.3, -0.25) is 4.79 Å². The zero-order valence-electron chi connectivity index (χ0n) is 12.1. The second kappa shape index (κ2) is 6.89. The predicted molar refractivity (Wildman–Crippen MR) is 84.7 cm³/mol. The molecule has 0 saturated heterocycles. The van der Waals surface area contributed by atoms with Gasteiger partial charge in [-0.15, -0.1) is 0 Å². The lowest BCUT2D eigenvalue weighted by molar-refractivity contribution is 0.0941. The molecule has 1 N–H and O–H groups in total. The van der Waals surface area contributed by atoms with E-state index >= 15 is 0 Å². The third-order valence-corrected chi connectivity index (χ3v) is 3.68. The molecule has 0 aliphatic rings. The van der Waals surface area contributed by atoms with Gasteiger partial charge >= 0.3 is 0 Å². The van der Waals surface area contributed by atoms with Gasteiger partial charge in [-0.2, -0.15) is 0 Å². The molecule has 1 amide bonds. The van der Waals surface area contributed by atoms with E-state index in [2.05, 4.69) is 28.2 Å². The van der Waals surface area contributed by atoms with Crippen molar-refractivity contribution in [2.24, 2.45) is 0 Å². The van der Waals surface area contributed by atoms with Gasteiger partial charge in [0.15, 0.2) is 0 Å². The van der Waals surface area contributed by atoms with Crippen molar-refractivity contribution in [2.75, 3.05) is 0 Å². The van der Waals surface area contributed by atoms with Crippen LogP contribution in [0.1, 0.15) is 35.0 Å². The first kappa shape index (κ1) is 15.8. The smallest absolute Gasteiger partial charge is 0.268 e. The van der Waals surface area contributed by atoms with Crippen molar-refractivity contribution in [3.05, 3.63) is 57.6 Å². The van der Waals surface area contributed by atoms with Gasteiger partial charge in [0.05, 0.1) is 0 Å². The minimum Gasteiger partial charge on any atom is -0.347 e. The average Bonchev–Trinajstić information content (AvgIpc) is 2.81. The molecule has 0 atom stereocenters. The molecule has 21 heavy (non-hydrogen) atoms. The Morgan fingerprint density at radius 2 is 2.14 bits per heavy atom. The van der Waals surface area contributed by atoms with Crippen molar-refractivity contribution in [2.45, 2.75) is 33.4 Å². The van der Waals surface area contributed by atoms with Gasteiger partial charge in [-0.25, -0.2) is 4.39 Å². The molecule has 112 valence electrons. The summed E-state index contributed by atoms with van der Waals surface area (Å²) in [4.78, 5) is 12.2. The van der Waals surface area contributed by atoms with Crippen molar-refractivity contribution in [3.8, 4) is 0 Å². The molecular formula is C16H18BrFN2O. The number of amides is 1. The maximum absolute atomic E-state index is 13.5. The first-order chi connectivity index (χ1) is 10.0. The van der Waals surface area contributed by atoms with Gasteiger partial charge in [0, 0.05) is 23.8 Å². The summed E-state index contributed by atoms with van der Waals surface area (Å²) >= 11 is 3.38. The van der Waals surface area contributed by atoms with Crippen LogP contribution in [0.2, 0.25) is 0 Å². The summed E-state index contributed by atoms with van der Waals surface area (Å²) in [6.45, 7) is 4.87. The van der Waals surface area contributed by atoms with Crippen LogP contribution in [0.5, 0.6) is 0 Å². The third kappa shape index (κ3) is 3.94. The minimum atomic E-state index is -0.251. The number of carbonyl (C=O) groups excluding carboxylic acids is 1. The Bertz CT molecular complexity index is 652. The SMILES string of the molecule is CCCn1cc(Br)cc1C(=O)NCc1ccc(C)c(F)c1. The van der Waals surface area contributed by atoms with Crippen LogP contribution in [0.25, 0.3) is 0 Å². The summed E-state index contributed by atoms with van der Waals surface area (Å²) < 4.78 is 16.3. The molecule has 0 aliphatic heterocycles. The summed E-state index contributed by atoms with van der Waals surface area (Å²) in [5.74, 6) is -0.408. The van der Waals surface area contributed by atoms with Crippen LogP contribution >= 0.6 is 15.9 Å². The van der Waals surface area contributed by atoms with Gasteiger partial charge in [-0.1, -0.05) is 19.1 Å². The van der Waals surface area contributed by atoms with E-state index in [1.807, 2.05) is 16.8 Å². The van der Waals surface area contributed by atoms with Crippen LogP contribution in [0.3, 0.4) is 0 Å². The first-order valence-corrected chi connectivity index (χ1v) is 7.69. The van der Waals surface area contributed by atoms with Crippen LogP contribution < -0.4 is 5.32 Å². The summed E-state index contributed by atoms with van der Waals surface area (Å²) in [7, 11) is 0. The molecule has 0 saturated carbocycles. The maximum atomic E-state index is 13.5. The van der Waals surface area contributed by atoms with Crippen molar-refractivity contribution in [3.63, 3.8) is 0 Å². The Morgan fingerprint density at radius 3 is 2.81 bits per heavy atom. The number of hydrogen-bond donors (Lipinski definition) is 1. The zero-order chi connectivity index (χ0) is 15.4. The monoisotopic (exact) mass is 352 g/mol. The van der Waals surface area contributed by atoms with Crippen molar-refractivity contribution >= 4 is 21.8 Å². The zero-order valence-corrected chi connectivity index (χ0v) is 13.7. The normalized spacial score (nSPS) is 10.7. The number of hydrogen-bond acceptors (Lipinski definition) is 1. The van der Waals surface area contributed by atoms with E-state index < -0.39 is 0 Å². The largest absolute Gasteiger partial charge is 0.347 e. The number of nitrogens with one attached hydrogen (secondary N) is 1. The fourth-order valence-electron chi connectivity index (χ4n) is 2.11. The van der Waals surface area contributed by atoms with E-state index in [4.69, 9.17) is 0 Å². The van der Waals surface area contributed by atoms with Crippen molar-refractivity contribution in [1.82, 2.24) is 9.88 Å². The second-order valence-corrected chi connectivity index (χ2v) is 5.92. The van der Waals surface area contributed by atoms with E-state index in [1.165, 1.54) is 6.07 Å². The second-order valence-electron chi connectivity index (χ2n) is 5.00. The lowest BCUT2D eigenvalue weighted by Gasteiger charge is -2.09. The van der Waals surface area contributed by atoms with E-state index in [0.29, 0.717) is 17.8 Å². The standard InChI is InChI=1S/C16H18BrFN2O/c1-3-6-20-10-13(17)8-15(20)16(21)19-9-12-5-4-11(2)14(18)7-12/h4-5,7-8,10H,3,6,9H2,1-2H3,(H,19,21). The summed E-state index contributed by atoms with van der Waals surface area (Å²) in [6.07, 6.45) is 2.84. The molecule has 0 aliphatic carbocycles. The average molecular weight is 353 g/mol. The number of benzene rings is 1. The van der Waals surface area contributed by atoms with E-state index in [9.17, 15) is 9.18 Å². The molecule has 0 radical (unpaired) electrons. The van der Waals surface area contributed by atoms with Crippen molar-refractivity contribution in [1.29, 1.82) is 0 Å². The summed E-state index contributed by atoms with van der Waals surface area (Å²) in [5, 5.41) is 2.83. The van der Waals surface area contributed by atoms with E-state index in [0.717, 1.165) is 23.0 Å². The molecular weight excluding hydrogens is 335 g/mol. The summed E-state index contributed by atoms with van der Waals surface area (Å²) in [5.41, 5.74) is 1.96. The fourth-order valence-corrected chi connectivity index (χ4v) is 2.57. The van der Waals surface area contributed by atoms with Gasteiger partial charge < -0.3 is 9.88 Å². The molecule has 1 heterocycles. The lowest BCUT2D eigenvalue weighted by atomic mass is 10.1. The molecule has 1 aromatic heterocycles. The van der Waals surface area contributed by atoms with Gasteiger partial charge in [0.25, 0.3) is 5.91 Å². The lowest BCUT2D eigenvalue weighted by Crippen LogP contribution is -2.25. The van der Waals surface area contributed by atoms with Crippen LogP contribution in [-0.4, -0.2) is 10.5 Å². The molecule has 2 aromatic rings. The maximum Gasteiger partial charge on any atom is 0.268 e. The highest BCUT2D eigenvalue weighted by molar-refractivity contribution is 9.10. The van der Waals surface area contributed by atoms with Gasteiger partial charge in [0.2, 0.25) is 0 Å². The molecule has 0 unspecified atom stereocenters. The molecule has 5 heteroatoms. The summed E-state index contributed by atoms with van der Waals surface area (Å²) in [6, 6.07) is 6.78. The Morgan fingerprint density at radius 1 is 1.38 bits per heavy atom. The van der Waals surface area contributed by atoms with E-state index in [-0.39, 0.29) is 11.7 Å². The quantitative estimate of drug-likeness (QED) is 0.865. The topological polar surface area (TPSA) is 34.0 Å². The Balaban J connectivity index is 2.06. The van der Waals surface area contributed by atoms with Gasteiger partial charge in [-0.05, 0) is 52.5 Å². The number of rotatable bonds is 5. The molecule has 1 aromatic carbocycles. The van der Waals surface area contributed by atoms with Gasteiger partial charge in [0.1, 0.15) is 11.5 Å². The highest BCUT2D eigenvalue weighted by Gasteiger charge is 2.12. The highest BCUT2D eigenvalue weighted by atomic mass is 79.9. The molecule has 3 nitrogen and oxygen atoms in total. The predicted octanol–water partition coefficient (Wildman–Crippen LogP) is 4.04. The molecule has 0 spiro atoms. The van der Waals surface area contributed by atoms with Crippen LogP contribution in [0.4, 0.5) is 4.39 Å². The number of nitrogens with zero attached hydrogens (tertiary/aromatic N) is 1. The number of carbonyl (C=O) groups is 1. The molecule has 2 rings (SSSR count).